The first-order valence-corrected chi connectivity index (χ1v) is 6.13. The van der Waals surface area contributed by atoms with Gasteiger partial charge in [0.2, 0.25) is 0 Å². The van der Waals surface area contributed by atoms with Gasteiger partial charge < -0.3 is 20.1 Å². The van der Waals surface area contributed by atoms with Crippen LogP contribution in [0.1, 0.15) is 16.8 Å². The highest BCUT2D eigenvalue weighted by Crippen LogP contribution is 2.19. The number of amides is 1. The zero-order valence-corrected chi connectivity index (χ0v) is 10.9. The molecule has 6 nitrogen and oxygen atoms in total. The number of hydrogen-bond donors (Lipinski definition) is 2. The standard InChI is InChI=1S/C13H15FN2O4/c1-20-12(17)10-6-8(2-3-11(10)14)15-9-4-5-16(7-9)13(18)19/h2-3,6,9,15H,4-5,7H2,1H3,(H,18,19)/t9-/m1/s1. The molecule has 1 aliphatic rings. The Morgan fingerprint density at radius 3 is 2.85 bits per heavy atom. The van der Waals surface area contributed by atoms with E-state index >= 15 is 0 Å². The van der Waals surface area contributed by atoms with E-state index < -0.39 is 17.9 Å². The molecule has 108 valence electrons. The van der Waals surface area contributed by atoms with Crippen molar-refractivity contribution in [3.8, 4) is 0 Å². The molecule has 1 aromatic rings. The second kappa shape index (κ2) is 5.77. The quantitative estimate of drug-likeness (QED) is 0.826. The zero-order chi connectivity index (χ0) is 14.7. The van der Waals surface area contributed by atoms with Crippen molar-refractivity contribution < 1.29 is 23.8 Å². The van der Waals surface area contributed by atoms with E-state index in [2.05, 4.69) is 10.1 Å². The van der Waals surface area contributed by atoms with Gasteiger partial charge in [-0.2, -0.15) is 0 Å². The van der Waals surface area contributed by atoms with Crippen molar-refractivity contribution in [3.63, 3.8) is 0 Å². The number of carbonyl (C=O) groups excluding carboxylic acids is 1. The van der Waals surface area contributed by atoms with Gasteiger partial charge in [-0.3, -0.25) is 0 Å². The molecule has 1 amide bonds. The lowest BCUT2D eigenvalue weighted by atomic mass is 10.1. The fourth-order valence-electron chi connectivity index (χ4n) is 2.17. The Hall–Kier alpha value is -2.31. The lowest BCUT2D eigenvalue weighted by Crippen LogP contribution is -2.30. The number of nitrogens with zero attached hydrogens (tertiary/aromatic N) is 1. The summed E-state index contributed by atoms with van der Waals surface area (Å²) in [6, 6.07) is 4.00. The highest BCUT2D eigenvalue weighted by atomic mass is 19.1. The van der Waals surface area contributed by atoms with Gasteiger partial charge in [-0.25, -0.2) is 14.0 Å². The van der Waals surface area contributed by atoms with Gasteiger partial charge in [0, 0.05) is 24.8 Å². The first-order valence-electron chi connectivity index (χ1n) is 6.13. The molecule has 0 unspecified atom stereocenters. The normalized spacial score (nSPS) is 17.9. The molecule has 1 aliphatic heterocycles. The summed E-state index contributed by atoms with van der Waals surface area (Å²) >= 11 is 0. The van der Waals surface area contributed by atoms with Crippen molar-refractivity contribution in [3.05, 3.63) is 29.6 Å². The first-order chi connectivity index (χ1) is 9.51. The molecule has 1 heterocycles. The second-order valence-electron chi connectivity index (χ2n) is 4.54. The number of rotatable bonds is 3. The number of anilines is 1. The smallest absolute Gasteiger partial charge is 0.407 e. The lowest BCUT2D eigenvalue weighted by molar-refractivity contribution is 0.0595. The highest BCUT2D eigenvalue weighted by Gasteiger charge is 2.26. The van der Waals surface area contributed by atoms with Crippen LogP contribution >= 0.6 is 0 Å². The van der Waals surface area contributed by atoms with Crippen molar-refractivity contribution in [1.29, 1.82) is 0 Å². The third kappa shape index (κ3) is 2.98. The minimum Gasteiger partial charge on any atom is -0.465 e. The van der Waals surface area contributed by atoms with E-state index in [-0.39, 0.29) is 11.6 Å². The molecule has 0 aliphatic carbocycles. The number of methoxy groups -OCH3 is 1. The average Bonchev–Trinajstić information content (AvgIpc) is 2.89. The zero-order valence-electron chi connectivity index (χ0n) is 10.9. The minimum atomic E-state index is -0.955. The largest absolute Gasteiger partial charge is 0.465 e. The number of likely N-dealkylation sites (tertiary alicyclic amines) is 1. The Kier molecular flexibility index (Phi) is 4.07. The number of nitrogens with one attached hydrogen (secondary N) is 1. The molecule has 7 heteroatoms. The van der Waals surface area contributed by atoms with Crippen molar-refractivity contribution in [2.24, 2.45) is 0 Å². The molecule has 0 spiro atoms. The van der Waals surface area contributed by atoms with Crippen molar-refractivity contribution >= 4 is 17.7 Å². The molecular formula is C13H15FN2O4. The van der Waals surface area contributed by atoms with Crippen LogP contribution in [0, 0.1) is 5.82 Å². The summed E-state index contributed by atoms with van der Waals surface area (Å²) in [6.07, 6.45) is -0.291. The number of ether oxygens (including phenoxy) is 1. The molecule has 0 bridgehead atoms. The molecular weight excluding hydrogens is 267 g/mol. The Morgan fingerprint density at radius 2 is 2.25 bits per heavy atom. The SMILES string of the molecule is COC(=O)c1cc(N[C@@H]2CCN(C(=O)O)C2)ccc1F. The number of hydrogen-bond acceptors (Lipinski definition) is 4. The minimum absolute atomic E-state index is 0.0536. The van der Waals surface area contributed by atoms with E-state index in [1.165, 1.54) is 30.2 Å². The molecule has 1 aromatic carbocycles. The molecule has 1 fully saturated rings. The number of carboxylic acid groups (broad SMARTS) is 1. The summed E-state index contributed by atoms with van der Waals surface area (Å²) in [5, 5.41) is 12.0. The van der Waals surface area contributed by atoms with Gasteiger partial charge in [-0.05, 0) is 24.6 Å². The topological polar surface area (TPSA) is 78.9 Å². The van der Waals surface area contributed by atoms with E-state index in [1.807, 2.05) is 0 Å². The molecule has 0 saturated carbocycles. The fraction of sp³-hybridized carbons (Fsp3) is 0.385. The number of esters is 1. The van der Waals surface area contributed by atoms with Crippen molar-refractivity contribution in [2.75, 3.05) is 25.5 Å². The monoisotopic (exact) mass is 282 g/mol. The molecule has 20 heavy (non-hydrogen) atoms. The predicted octanol–water partition coefficient (Wildman–Crippen LogP) is 1.78. The van der Waals surface area contributed by atoms with Gasteiger partial charge in [-0.1, -0.05) is 0 Å². The van der Waals surface area contributed by atoms with Gasteiger partial charge in [0.1, 0.15) is 5.82 Å². The average molecular weight is 282 g/mol. The van der Waals surface area contributed by atoms with Crippen LogP contribution in [0.25, 0.3) is 0 Å². The Labute approximate surface area is 115 Å². The first kappa shape index (κ1) is 14.1. The highest BCUT2D eigenvalue weighted by molar-refractivity contribution is 5.90. The van der Waals surface area contributed by atoms with E-state index in [4.69, 9.17) is 5.11 Å². The molecule has 2 rings (SSSR count). The van der Waals surface area contributed by atoms with Crippen LogP contribution in [-0.2, 0) is 4.74 Å². The van der Waals surface area contributed by atoms with Crippen LogP contribution in [0.2, 0.25) is 0 Å². The van der Waals surface area contributed by atoms with E-state index in [0.717, 1.165) is 0 Å². The number of halogens is 1. The summed E-state index contributed by atoms with van der Waals surface area (Å²) in [5.41, 5.74) is 0.412. The van der Waals surface area contributed by atoms with E-state index in [0.29, 0.717) is 25.2 Å². The summed E-state index contributed by atoms with van der Waals surface area (Å²) in [7, 11) is 1.18. The third-order valence-electron chi connectivity index (χ3n) is 3.20. The predicted molar refractivity (Wildman–Crippen MR) is 69.4 cm³/mol. The summed E-state index contributed by atoms with van der Waals surface area (Å²) in [5.74, 6) is -1.40. The van der Waals surface area contributed by atoms with Crippen molar-refractivity contribution in [1.82, 2.24) is 4.90 Å². The Balaban J connectivity index is 2.07. The van der Waals surface area contributed by atoms with Gasteiger partial charge in [0.15, 0.2) is 0 Å². The molecule has 1 saturated heterocycles. The maximum Gasteiger partial charge on any atom is 0.407 e. The number of carbonyl (C=O) groups is 2. The molecule has 0 radical (unpaired) electrons. The third-order valence-corrected chi connectivity index (χ3v) is 3.20. The van der Waals surface area contributed by atoms with Crippen LogP contribution in [-0.4, -0.2) is 48.3 Å². The Bertz CT molecular complexity index is 535. The van der Waals surface area contributed by atoms with E-state index in [1.54, 1.807) is 0 Å². The molecule has 1 atom stereocenters. The van der Waals surface area contributed by atoms with Crippen LogP contribution in [0.3, 0.4) is 0 Å². The van der Waals surface area contributed by atoms with E-state index in [9.17, 15) is 14.0 Å². The lowest BCUT2D eigenvalue weighted by Gasteiger charge is -2.15. The van der Waals surface area contributed by atoms with Gasteiger partial charge in [0.25, 0.3) is 0 Å². The van der Waals surface area contributed by atoms with Crippen LogP contribution < -0.4 is 5.32 Å². The maximum atomic E-state index is 13.5. The second-order valence-corrected chi connectivity index (χ2v) is 4.54. The van der Waals surface area contributed by atoms with Crippen LogP contribution in [0.5, 0.6) is 0 Å². The van der Waals surface area contributed by atoms with Gasteiger partial charge >= 0.3 is 12.1 Å². The molecule has 0 aromatic heterocycles. The summed E-state index contributed by atoms with van der Waals surface area (Å²) in [4.78, 5) is 23.5. The van der Waals surface area contributed by atoms with Gasteiger partial charge in [0.05, 0.1) is 12.7 Å². The number of benzene rings is 1. The van der Waals surface area contributed by atoms with Gasteiger partial charge in [-0.15, -0.1) is 0 Å². The fourth-order valence-corrected chi connectivity index (χ4v) is 2.17. The Morgan fingerprint density at radius 1 is 1.50 bits per heavy atom. The summed E-state index contributed by atoms with van der Waals surface area (Å²) < 4.78 is 18.0. The molecule has 2 N–H and O–H groups in total. The maximum absolute atomic E-state index is 13.5. The van der Waals surface area contributed by atoms with Crippen molar-refractivity contribution in [2.45, 2.75) is 12.5 Å². The summed E-state index contributed by atoms with van der Waals surface area (Å²) in [6.45, 7) is 0.818. The van der Waals surface area contributed by atoms with Crippen LogP contribution in [0.4, 0.5) is 14.9 Å². The van der Waals surface area contributed by atoms with Crippen LogP contribution in [0.15, 0.2) is 18.2 Å².